The maximum atomic E-state index is 11.9. The first kappa shape index (κ1) is 16.9. The molecule has 7 heteroatoms. The molecule has 0 bridgehead atoms. The largest absolute Gasteiger partial charge is 0.477 e. The first-order valence-electron chi connectivity index (χ1n) is 6.71. The van der Waals surface area contributed by atoms with Crippen LogP contribution in [-0.4, -0.2) is 53.7 Å². The quantitative estimate of drug-likeness (QED) is 0.739. The van der Waals surface area contributed by atoms with Gasteiger partial charge in [-0.15, -0.1) is 0 Å². The third-order valence-electron chi connectivity index (χ3n) is 2.92. The van der Waals surface area contributed by atoms with Crippen molar-refractivity contribution in [2.24, 2.45) is 5.92 Å². The Hall–Kier alpha value is -2.15. The molecular formula is C14H22N4O3. The summed E-state index contributed by atoms with van der Waals surface area (Å²) in [6, 6.07) is 2.54. The molecule has 1 heterocycles. The van der Waals surface area contributed by atoms with Gasteiger partial charge in [-0.3, -0.25) is 0 Å². The number of hydrogen-bond donors (Lipinski definition) is 3. The Labute approximate surface area is 124 Å². The highest BCUT2D eigenvalue weighted by atomic mass is 16.4. The van der Waals surface area contributed by atoms with Gasteiger partial charge in [0.25, 0.3) is 0 Å². The van der Waals surface area contributed by atoms with E-state index >= 15 is 0 Å². The third kappa shape index (κ3) is 5.78. The lowest BCUT2D eigenvalue weighted by Gasteiger charge is -2.25. The number of nitrogens with zero attached hydrogens (tertiary/aromatic N) is 2. The van der Waals surface area contributed by atoms with Gasteiger partial charge >= 0.3 is 12.0 Å². The van der Waals surface area contributed by atoms with Crippen molar-refractivity contribution in [3.05, 3.63) is 24.0 Å². The van der Waals surface area contributed by atoms with Crippen LogP contribution in [0.15, 0.2) is 18.3 Å². The lowest BCUT2D eigenvalue weighted by molar-refractivity contribution is 0.0690. The van der Waals surface area contributed by atoms with E-state index in [1.165, 1.54) is 18.3 Å². The van der Waals surface area contributed by atoms with Crippen LogP contribution in [0.5, 0.6) is 0 Å². The second kappa shape index (κ2) is 7.58. The second-order valence-electron chi connectivity index (χ2n) is 5.45. The van der Waals surface area contributed by atoms with Crippen molar-refractivity contribution in [2.45, 2.75) is 19.9 Å². The Bertz CT molecular complexity index is 485. The number of aromatic nitrogens is 1. The second-order valence-corrected chi connectivity index (χ2v) is 5.45. The number of urea groups is 1. The molecule has 2 amide bonds. The molecule has 0 aliphatic heterocycles. The van der Waals surface area contributed by atoms with Gasteiger partial charge in [0, 0.05) is 12.6 Å². The number of aromatic carboxylic acids is 1. The summed E-state index contributed by atoms with van der Waals surface area (Å²) < 4.78 is 0. The minimum absolute atomic E-state index is 0.0197. The number of carboxylic acid groups (broad SMARTS) is 1. The van der Waals surface area contributed by atoms with Crippen molar-refractivity contribution < 1.29 is 14.7 Å². The fourth-order valence-electron chi connectivity index (χ4n) is 1.75. The van der Waals surface area contributed by atoms with E-state index in [-0.39, 0.29) is 17.8 Å². The molecule has 1 rings (SSSR count). The van der Waals surface area contributed by atoms with E-state index in [2.05, 4.69) is 15.6 Å². The fourth-order valence-corrected chi connectivity index (χ4v) is 1.75. The molecule has 0 aromatic carbocycles. The molecule has 1 unspecified atom stereocenters. The minimum atomic E-state index is -1.10. The van der Waals surface area contributed by atoms with Crippen molar-refractivity contribution in [1.82, 2.24) is 15.2 Å². The monoisotopic (exact) mass is 294 g/mol. The zero-order valence-corrected chi connectivity index (χ0v) is 12.8. The number of amides is 2. The molecule has 0 aliphatic rings. The highest BCUT2D eigenvalue weighted by molar-refractivity contribution is 5.90. The predicted octanol–water partition coefficient (Wildman–Crippen LogP) is 1.49. The zero-order valence-electron chi connectivity index (χ0n) is 12.8. The van der Waals surface area contributed by atoms with E-state index < -0.39 is 5.97 Å². The summed E-state index contributed by atoms with van der Waals surface area (Å²) in [5.41, 5.74) is 0.387. The average molecular weight is 294 g/mol. The van der Waals surface area contributed by atoms with E-state index in [1.807, 2.05) is 32.8 Å². The average Bonchev–Trinajstić information content (AvgIpc) is 2.37. The lowest BCUT2D eigenvalue weighted by Crippen LogP contribution is -2.46. The van der Waals surface area contributed by atoms with Crippen molar-refractivity contribution in [3.63, 3.8) is 0 Å². The Morgan fingerprint density at radius 3 is 2.43 bits per heavy atom. The van der Waals surface area contributed by atoms with E-state index in [9.17, 15) is 9.59 Å². The van der Waals surface area contributed by atoms with Crippen LogP contribution in [0, 0.1) is 5.92 Å². The van der Waals surface area contributed by atoms with E-state index in [0.717, 1.165) is 6.54 Å². The first-order chi connectivity index (χ1) is 9.79. The standard InChI is InChI=1S/C14H22N4O3/c1-9(2)12(8-18(3)4)17-14(21)16-10-5-6-11(13(19)20)15-7-10/h5-7,9,12H,8H2,1-4H3,(H,19,20)(H2,16,17,21). The van der Waals surface area contributed by atoms with Gasteiger partial charge in [0.05, 0.1) is 11.9 Å². The molecular weight excluding hydrogens is 272 g/mol. The summed E-state index contributed by atoms with van der Waals surface area (Å²) in [5, 5.41) is 14.3. The predicted molar refractivity (Wildman–Crippen MR) is 80.5 cm³/mol. The molecule has 3 N–H and O–H groups in total. The van der Waals surface area contributed by atoms with Gasteiger partial charge in [-0.25, -0.2) is 14.6 Å². The third-order valence-corrected chi connectivity index (χ3v) is 2.92. The van der Waals surface area contributed by atoms with E-state index in [4.69, 9.17) is 5.11 Å². The van der Waals surface area contributed by atoms with Gasteiger partial charge in [0.2, 0.25) is 0 Å². The number of hydrogen-bond acceptors (Lipinski definition) is 4. The molecule has 0 saturated heterocycles. The van der Waals surface area contributed by atoms with Gasteiger partial charge in [0.1, 0.15) is 5.69 Å². The van der Waals surface area contributed by atoms with Crippen LogP contribution in [0.3, 0.4) is 0 Å². The highest BCUT2D eigenvalue weighted by Crippen LogP contribution is 2.07. The zero-order chi connectivity index (χ0) is 16.0. The number of rotatable bonds is 6. The van der Waals surface area contributed by atoms with E-state index in [0.29, 0.717) is 11.6 Å². The summed E-state index contributed by atoms with van der Waals surface area (Å²) in [6.45, 7) is 4.82. The van der Waals surface area contributed by atoms with Crippen LogP contribution in [-0.2, 0) is 0 Å². The number of carboxylic acids is 1. The van der Waals surface area contributed by atoms with Crippen LogP contribution in [0.25, 0.3) is 0 Å². The molecule has 116 valence electrons. The maximum absolute atomic E-state index is 11.9. The molecule has 21 heavy (non-hydrogen) atoms. The van der Waals surface area contributed by atoms with Crippen molar-refractivity contribution in [3.8, 4) is 0 Å². The van der Waals surface area contributed by atoms with Gasteiger partial charge in [-0.05, 0) is 32.1 Å². The normalized spacial score (nSPS) is 12.3. The summed E-state index contributed by atoms with van der Waals surface area (Å²) in [6.07, 6.45) is 1.32. The molecule has 0 spiro atoms. The lowest BCUT2D eigenvalue weighted by atomic mass is 10.0. The van der Waals surface area contributed by atoms with Crippen LogP contribution in [0.2, 0.25) is 0 Å². The molecule has 0 radical (unpaired) electrons. The summed E-state index contributed by atoms with van der Waals surface area (Å²) in [4.78, 5) is 28.4. The van der Waals surface area contributed by atoms with Crippen LogP contribution in [0.4, 0.5) is 10.5 Å². The SMILES string of the molecule is CC(C)C(CN(C)C)NC(=O)Nc1ccc(C(=O)O)nc1. The van der Waals surface area contributed by atoms with Gasteiger partial charge in [-0.2, -0.15) is 0 Å². The van der Waals surface area contributed by atoms with Crippen molar-refractivity contribution >= 4 is 17.7 Å². The number of anilines is 1. The van der Waals surface area contributed by atoms with Crippen LogP contribution < -0.4 is 10.6 Å². The van der Waals surface area contributed by atoms with Crippen LogP contribution >= 0.6 is 0 Å². The number of nitrogens with one attached hydrogen (secondary N) is 2. The molecule has 1 atom stereocenters. The van der Waals surface area contributed by atoms with E-state index in [1.54, 1.807) is 0 Å². The van der Waals surface area contributed by atoms with Crippen LogP contribution in [0.1, 0.15) is 24.3 Å². The highest BCUT2D eigenvalue weighted by Gasteiger charge is 2.17. The van der Waals surface area contributed by atoms with Gasteiger partial charge in [-0.1, -0.05) is 13.8 Å². The smallest absolute Gasteiger partial charge is 0.354 e. The number of carbonyl (C=O) groups excluding carboxylic acids is 1. The van der Waals surface area contributed by atoms with Gasteiger partial charge < -0.3 is 20.6 Å². The number of pyridine rings is 1. The Balaban J connectivity index is 2.61. The minimum Gasteiger partial charge on any atom is -0.477 e. The molecule has 0 saturated carbocycles. The Morgan fingerprint density at radius 1 is 1.33 bits per heavy atom. The molecule has 1 aromatic heterocycles. The summed E-state index contributed by atoms with van der Waals surface area (Å²) in [7, 11) is 3.90. The topological polar surface area (TPSA) is 94.6 Å². The molecule has 1 aromatic rings. The van der Waals surface area contributed by atoms with Crippen molar-refractivity contribution in [1.29, 1.82) is 0 Å². The van der Waals surface area contributed by atoms with Crippen molar-refractivity contribution in [2.75, 3.05) is 26.0 Å². The van der Waals surface area contributed by atoms with Gasteiger partial charge in [0.15, 0.2) is 0 Å². The Morgan fingerprint density at radius 2 is 2.00 bits per heavy atom. The Kier molecular flexibility index (Phi) is 6.10. The molecule has 0 aliphatic carbocycles. The number of carbonyl (C=O) groups is 2. The summed E-state index contributed by atoms with van der Waals surface area (Å²) in [5.74, 6) is -0.803. The fraction of sp³-hybridized carbons (Fsp3) is 0.500. The maximum Gasteiger partial charge on any atom is 0.354 e. The summed E-state index contributed by atoms with van der Waals surface area (Å²) >= 11 is 0. The first-order valence-corrected chi connectivity index (χ1v) is 6.71. The molecule has 7 nitrogen and oxygen atoms in total. The number of likely N-dealkylation sites (N-methyl/N-ethyl adjacent to an activating group) is 1. The molecule has 0 fully saturated rings.